The van der Waals surface area contributed by atoms with Crippen LogP contribution < -0.4 is 10.7 Å². The van der Waals surface area contributed by atoms with Gasteiger partial charge in [0.25, 0.3) is 5.56 Å². The maximum Gasteiger partial charge on any atom is 0.290 e. The number of aromatic amines is 1. The van der Waals surface area contributed by atoms with Crippen molar-refractivity contribution in [2.75, 3.05) is 0 Å². The molecule has 0 saturated heterocycles. The first-order valence-corrected chi connectivity index (χ1v) is 3.29. The third-order valence-electron chi connectivity index (χ3n) is 1.51. The Morgan fingerprint density at radius 1 is 1.50 bits per heavy atom. The summed E-state index contributed by atoms with van der Waals surface area (Å²) < 4.78 is 0. The van der Waals surface area contributed by atoms with Crippen LogP contribution >= 0.6 is 0 Å². The first-order valence-electron chi connectivity index (χ1n) is 3.29. The summed E-state index contributed by atoms with van der Waals surface area (Å²) in [7, 11) is 0. The highest BCUT2D eigenvalue weighted by Gasteiger charge is 1.98. The third-order valence-corrected chi connectivity index (χ3v) is 1.51. The average molecular weight is 162 g/mol. The van der Waals surface area contributed by atoms with Gasteiger partial charge >= 0.3 is 0 Å². The van der Waals surface area contributed by atoms with Gasteiger partial charge in [0.15, 0.2) is 0 Å². The van der Waals surface area contributed by atoms with E-state index in [0.717, 1.165) is 0 Å². The van der Waals surface area contributed by atoms with E-state index in [0.29, 0.717) is 0 Å². The molecular formula is C7H4N3O2-. The van der Waals surface area contributed by atoms with Crippen molar-refractivity contribution < 1.29 is 5.11 Å². The number of H-pyrrole nitrogens is 1. The second-order valence-corrected chi connectivity index (χ2v) is 2.26. The highest BCUT2D eigenvalue weighted by atomic mass is 16.3. The summed E-state index contributed by atoms with van der Waals surface area (Å²) in [6, 6.07) is 3.11. The Kier molecular flexibility index (Phi) is 1.30. The lowest BCUT2D eigenvalue weighted by molar-refractivity contribution is -0.273. The Bertz CT molecular complexity index is 477. The molecule has 0 aliphatic rings. The summed E-state index contributed by atoms with van der Waals surface area (Å²) in [6.45, 7) is 0. The molecule has 1 N–H and O–H groups in total. The Hall–Kier alpha value is -1.91. The van der Waals surface area contributed by atoms with E-state index in [9.17, 15) is 9.90 Å². The molecule has 60 valence electrons. The molecule has 0 bridgehead atoms. The fraction of sp³-hybridized carbons (Fsp3) is 0. The molecule has 0 unspecified atom stereocenters. The van der Waals surface area contributed by atoms with Gasteiger partial charge in [0, 0.05) is 17.5 Å². The molecule has 12 heavy (non-hydrogen) atoms. The summed E-state index contributed by atoms with van der Waals surface area (Å²) in [4.78, 5) is 14.8. The lowest BCUT2D eigenvalue weighted by atomic mass is 10.3. The van der Waals surface area contributed by atoms with Crippen LogP contribution in [0.5, 0.6) is 5.88 Å². The molecule has 0 aliphatic carbocycles. The molecule has 5 heteroatoms. The van der Waals surface area contributed by atoms with Crippen molar-refractivity contribution in [1.29, 1.82) is 0 Å². The summed E-state index contributed by atoms with van der Waals surface area (Å²) in [5, 5.41) is 16.6. The minimum Gasteiger partial charge on any atom is -0.857 e. The van der Waals surface area contributed by atoms with E-state index in [-0.39, 0.29) is 10.9 Å². The van der Waals surface area contributed by atoms with Crippen molar-refractivity contribution in [3.8, 4) is 5.88 Å². The van der Waals surface area contributed by atoms with Gasteiger partial charge in [-0.3, -0.25) is 9.78 Å². The van der Waals surface area contributed by atoms with E-state index < -0.39 is 11.4 Å². The van der Waals surface area contributed by atoms with Crippen LogP contribution in [-0.4, -0.2) is 15.2 Å². The van der Waals surface area contributed by atoms with Gasteiger partial charge in [-0.05, 0) is 6.07 Å². The highest BCUT2D eigenvalue weighted by Crippen LogP contribution is 2.11. The van der Waals surface area contributed by atoms with Crippen LogP contribution in [-0.2, 0) is 0 Å². The van der Waals surface area contributed by atoms with Gasteiger partial charge < -0.3 is 5.11 Å². The zero-order valence-electron chi connectivity index (χ0n) is 5.94. The number of aromatic nitrogens is 3. The quantitative estimate of drug-likeness (QED) is 0.560. The minimum absolute atomic E-state index is 0.137. The second-order valence-electron chi connectivity index (χ2n) is 2.26. The normalized spacial score (nSPS) is 10.3. The Labute approximate surface area is 66.7 Å². The van der Waals surface area contributed by atoms with Crippen LogP contribution in [0.1, 0.15) is 0 Å². The maximum absolute atomic E-state index is 11.0. The zero-order chi connectivity index (χ0) is 8.55. The second kappa shape index (κ2) is 2.30. The SMILES string of the molecule is O=c1[nH]nc([O-])c2cccnc12. The fourth-order valence-corrected chi connectivity index (χ4v) is 0.974. The number of rotatable bonds is 0. The smallest absolute Gasteiger partial charge is 0.290 e. The van der Waals surface area contributed by atoms with Crippen molar-refractivity contribution in [2.45, 2.75) is 0 Å². The van der Waals surface area contributed by atoms with Gasteiger partial charge in [0.05, 0.1) is 0 Å². The van der Waals surface area contributed by atoms with Gasteiger partial charge in [-0.1, -0.05) is 6.07 Å². The van der Waals surface area contributed by atoms with Gasteiger partial charge in [-0.2, -0.15) is 5.10 Å². The third kappa shape index (κ3) is 0.833. The molecule has 0 atom stereocenters. The summed E-state index contributed by atoms with van der Waals surface area (Å²) in [5.41, 5.74) is -0.303. The summed E-state index contributed by atoms with van der Waals surface area (Å²) >= 11 is 0. The first kappa shape index (κ1) is 6.78. The molecule has 0 amide bonds. The molecule has 0 aromatic carbocycles. The van der Waals surface area contributed by atoms with E-state index in [1.54, 1.807) is 6.07 Å². The van der Waals surface area contributed by atoms with Gasteiger partial charge in [-0.25, -0.2) is 5.10 Å². The molecule has 2 aromatic heterocycles. The van der Waals surface area contributed by atoms with Crippen molar-refractivity contribution in [1.82, 2.24) is 15.2 Å². The maximum atomic E-state index is 11.0. The van der Waals surface area contributed by atoms with Crippen LogP contribution in [0.15, 0.2) is 23.1 Å². The number of nitrogens with zero attached hydrogens (tertiary/aromatic N) is 2. The topological polar surface area (TPSA) is 81.7 Å². The molecule has 0 saturated carbocycles. The predicted molar refractivity (Wildman–Crippen MR) is 39.6 cm³/mol. The molecular weight excluding hydrogens is 158 g/mol. The highest BCUT2D eigenvalue weighted by molar-refractivity contribution is 5.81. The molecule has 0 spiro atoms. The number of nitrogens with one attached hydrogen (secondary N) is 1. The van der Waals surface area contributed by atoms with E-state index in [1.165, 1.54) is 12.3 Å². The Morgan fingerprint density at radius 2 is 2.33 bits per heavy atom. The predicted octanol–water partition coefficient (Wildman–Crippen LogP) is -0.608. The van der Waals surface area contributed by atoms with Crippen LogP contribution in [0.2, 0.25) is 0 Å². The molecule has 0 aliphatic heterocycles. The standard InChI is InChI=1S/C7H5N3O2/c11-6-4-2-1-3-8-5(4)7(12)10-9-6/h1-3H,(H,9,11)(H,10,12)/p-1. The van der Waals surface area contributed by atoms with E-state index in [1.807, 2.05) is 0 Å². The number of hydrogen-bond acceptors (Lipinski definition) is 4. The molecule has 2 rings (SSSR count). The monoisotopic (exact) mass is 162 g/mol. The van der Waals surface area contributed by atoms with Crippen molar-refractivity contribution in [2.24, 2.45) is 0 Å². The van der Waals surface area contributed by atoms with E-state index >= 15 is 0 Å². The van der Waals surface area contributed by atoms with E-state index in [4.69, 9.17) is 0 Å². The molecule has 0 fully saturated rings. The summed E-state index contributed by atoms with van der Waals surface area (Å²) in [6.07, 6.45) is 1.46. The van der Waals surface area contributed by atoms with Gasteiger partial charge in [-0.15, -0.1) is 0 Å². The van der Waals surface area contributed by atoms with Crippen molar-refractivity contribution >= 4 is 10.9 Å². The minimum atomic E-state index is -0.460. The van der Waals surface area contributed by atoms with Crippen LogP contribution in [0.25, 0.3) is 10.9 Å². The largest absolute Gasteiger partial charge is 0.857 e. The Morgan fingerprint density at radius 3 is 3.08 bits per heavy atom. The first-order chi connectivity index (χ1) is 5.79. The zero-order valence-corrected chi connectivity index (χ0v) is 5.94. The number of pyridine rings is 1. The summed E-state index contributed by atoms with van der Waals surface area (Å²) in [5.74, 6) is -0.460. The van der Waals surface area contributed by atoms with Crippen LogP contribution in [0.4, 0.5) is 0 Å². The van der Waals surface area contributed by atoms with Crippen molar-refractivity contribution in [3.63, 3.8) is 0 Å². The molecule has 2 heterocycles. The van der Waals surface area contributed by atoms with Crippen LogP contribution in [0, 0.1) is 0 Å². The molecule has 5 nitrogen and oxygen atoms in total. The van der Waals surface area contributed by atoms with Crippen molar-refractivity contribution in [3.05, 3.63) is 28.7 Å². The number of fused-ring (bicyclic) bond motifs is 1. The average Bonchev–Trinajstić information content (AvgIpc) is 2.12. The van der Waals surface area contributed by atoms with E-state index in [2.05, 4.69) is 15.2 Å². The lowest BCUT2D eigenvalue weighted by Crippen LogP contribution is -2.12. The fourth-order valence-electron chi connectivity index (χ4n) is 0.974. The lowest BCUT2D eigenvalue weighted by Gasteiger charge is -2.04. The molecule has 0 radical (unpaired) electrons. The van der Waals surface area contributed by atoms with Crippen LogP contribution in [0.3, 0.4) is 0 Å². The van der Waals surface area contributed by atoms with Gasteiger partial charge in [0.2, 0.25) is 0 Å². The molecule has 2 aromatic rings. The number of hydrogen-bond donors (Lipinski definition) is 1. The van der Waals surface area contributed by atoms with Gasteiger partial charge in [0.1, 0.15) is 5.52 Å². The Balaban J connectivity index is 3.05.